The number of carbonyl (C=O) groups is 4. The van der Waals surface area contributed by atoms with Crippen LogP contribution in [0.5, 0.6) is 0 Å². The van der Waals surface area contributed by atoms with Crippen molar-refractivity contribution in [1.82, 2.24) is 34.9 Å². The minimum absolute atomic E-state index is 0.0725. The summed E-state index contributed by atoms with van der Waals surface area (Å²) < 4.78 is 58.0. The summed E-state index contributed by atoms with van der Waals surface area (Å²) in [6, 6.07) is 3.99. The number of hydrogen-bond donors (Lipinski definition) is 2. The Kier molecular flexibility index (Phi) is 10.9. The highest BCUT2D eigenvalue weighted by Crippen LogP contribution is 2.35. The number of aromatic nitrogens is 5. The van der Waals surface area contributed by atoms with Crippen molar-refractivity contribution >= 4 is 40.2 Å². The molecule has 1 fully saturated rings. The van der Waals surface area contributed by atoms with Crippen LogP contribution in [-0.2, 0) is 33.5 Å². The summed E-state index contributed by atoms with van der Waals surface area (Å²) in [5.74, 6) is -2.34. The molecule has 4 heterocycles. The molecule has 4 aromatic rings. The molecule has 274 valence electrons. The van der Waals surface area contributed by atoms with Gasteiger partial charge in [0.2, 0.25) is 17.7 Å². The molecule has 1 saturated heterocycles. The molecular formula is C36H38F4N8O4. The molecule has 5 rings (SSSR count). The van der Waals surface area contributed by atoms with Gasteiger partial charge in [0.25, 0.3) is 0 Å². The third kappa shape index (κ3) is 8.16. The second-order valence-corrected chi connectivity index (χ2v) is 12.9. The third-order valence-electron chi connectivity index (χ3n) is 8.74. The van der Waals surface area contributed by atoms with E-state index in [1.165, 1.54) is 18.5 Å². The number of amides is 3. The summed E-state index contributed by atoms with van der Waals surface area (Å²) >= 11 is 0. The maximum atomic E-state index is 16.4. The van der Waals surface area contributed by atoms with Gasteiger partial charge in [-0.3, -0.25) is 23.9 Å². The van der Waals surface area contributed by atoms with Crippen molar-refractivity contribution in [2.24, 2.45) is 0 Å². The highest BCUT2D eigenvalue weighted by atomic mass is 19.4. The van der Waals surface area contributed by atoms with Crippen molar-refractivity contribution < 1.29 is 36.7 Å². The van der Waals surface area contributed by atoms with E-state index in [4.69, 9.17) is 0 Å². The molecule has 3 amide bonds. The smallest absolute Gasteiger partial charge is 0.353 e. The van der Waals surface area contributed by atoms with Crippen molar-refractivity contribution in [2.75, 3.05) is 18.4 Å². The fourth-order valence-electron chi connectivity index (χ4n) is 6.16. The molecule has 3 aromatic heterocycles. The van der Waals surface area contributed by atoms with Gasteiger partial charge >= 0.3 is 6.18 Å². The number of pyridine rings is 1. The number of benzene rings is 1. The highest BCUT2D eigenvalue weighted by Gasteiger charge is 2.50. The molecule has 0 unspecified atom stereocenters. The van der Waals surface area contributed by atoms with Crippen LogP contribution in [0.3, 0.4) is 0 Å². The molecular weight excluding hydrogens is 684 g/mol. The van der Waals surface area contributed by atoms with Crippen LogP contribution in [0.15, 0.2) is 49.3 Å². The Labute approximate surface area is 296 Å². The first-order valence-electron chi connectivity index (χ1n) is 16.6. The van der Waals surface area contributed by atoms with Gasteiger partial charge in [-0.05, 0) is 61.6 Å². The lowest BCUT2D eigenvalue weighted by molar-refractivity contribution is -0.141. The van der Waals surface area contributed by atoms with E-state index in [0.29, 0.717) is 46.3 Å². The van der Waals surface area contributed by atoms with Gasteiger partial charge in [-0.1, -0.05) is 19.1 Å². The van der Waals surface area contributed by atoms with Crippen LogP contribution >= 0.6 is 0 Å². The standard InChI is InChI=1S/C36H38F4N8O4/c1-6-8-23-12-24(25-15-41-22(5)42-16-25)13-26-31(21(4)49)46-48(32(23)26)17-30(51)47-19-35(37,18-43-29(50)9-7-2)14-27(47)34(52)45-33-20(3)10-11-28(44-33)36(38,39)40/h6,10-13,15-16,27H,1,7-9,14,17-19H2,2-5H3,(H,43,50)(H,44,45,52)/t27-,35-/m0/s1. The predicted octanol–water partition coefficient (Wildman–Crippen LogP) is 5.32. The number of carbonyl (C=O) groups excluding carboxylic acids is 4. The second kappa shape index (κ2) is 15.0. The molecule has 52 heavy (non-hydrogen) atoms. The maximum Gasteiger partial charge on any atom is 0.433 e. The van der Waals surface area contributed by atoms with Crippen LogP contribution < -0.4 is 10.6 Å². The van der Waals surface area contributed by atoms with E-state index in [9.17, 15) is 32.3 Å². The first-order chi connectivity index (χ1) is 24.5. The summed E-state index contributed by atoms with van der Waals surface area (Å²) in [5.41, 5.74) is -0.740. The summed E-state index contributed by atoms with van der Waals surface area (Å²) in [5, 5.41) is 9.77. The van der Waals surface area contributed by atoms with Gasteiger partial charge < -0.3 is 15.5 Å². The van der Waals surface area contributed by atoms with Gasteiger partial charge in [0.05, 0.1) is 18.6 Å². The van der Waals surface area contributed by atoms with Crippen LogP contribution in [0.2, 0.25) is 0 Å². The average Bonchev–Trinajstić information content (AvgIpc) is 3.63. The first-order valence-corrected chi connectivity index (χ1v) is 16.6. The van der Waals surface area contributed by atoms with Gasteiger partial charge in [0.1, 0.15) is 41.3 Å². The molecule has 1 aliphatic heterocycles. The average molecular weight is 723 g/mol. The van der Waals surface area contributed by atoms with Gasteiger partial charge in [-0.2, -0.15) is 18.3 Å². The zero-order chi connectivity index (χ0) is 38.0. The van der Waals surface area contributed by atoms with E-state index in [2.05, 4.69) is 37.3 Å². The number of rotatable bonds is 12. The molecule has 2 atom stereocenters. The number of hydrogen-bond acceptors (Lipinski definition) is 8. The number of Topliss-reactive ketones (excluding diaryl/α,β-unsaturated/α-hetero) is 1. The van der Waals surface area contributed by atoms with Crippen LogP contribution in [0, 0.1) is 13.8 Å². The molecule has 0 bridgehead atoms. The topological polar surface area (TPSA) is 152 Å². The van der Waals surface area contributed by atoms with E-state index < -0.39 is 73.2 Å². The fraction of sp³-hybridized carbons (Fsp3) is 0.389. The lowest BCUT2D eigenvalue weighted by Gasteiger charge is -2.24. The number of halogens is 4. The Hall–Kier alpha value is -5.54. The summed E-state index contributed by atoms with van der Waals surface area (Å²) in [4.78, 5) is 65.9. The zero-order valence-electron chi connectivity index (χ0n) is 29.1. The molecule has 2 N–H and O–H groups in total. The minimum atomic E-state index is -4.79. The van der Waals surface area contributed by atoms with Gasteiger partial charge in [-0.25, -0.2) is 19.3 Å². The first kappa shape index (κ1) is 37.7. The number of ketones is 1. The molecule has 1 aromatic carbocycles. The number of alkyl halides is 4. The Morgan fingerprint density at radius 3 is 2.44 bits per heavy atom. The monoisotopic (exact) mass is 722 g/mol. The maximum absolute atomic E-state index is 16.4. The van der Waals surface area contributed by atoms with Crippen LogP contribution in [-0.4, -0.2) is 77.9 Å². The third-order valence-corrected chi connectivity index (χ3v) is 8.74. The number of nitrogens with one attached hydrogen (secondary N) is 2. The number of allylic oxidation sites excluding steroid dienone is 1. The number of aryl methyl sites for hydroxylation is 2. The van der Waals surface area contributed by atoms with Crippen LogP contribution in [0.1, 0.15) is 66.2 Å². The molecule has 0 saturated carbocycles. The molecule has 16 heteroatoms. The van der Waals surface area contributed by atoms with Crippen molar-refractivity contribution in [3.05, 3.63) is 77.7 Å². The Morgan fingerprint density at radius 1 is 1.10 bits per heavy atom. The SMILES string of the molecule is C=CCc1cc(-c2cnc(C)nc2)cc2c(C(C)=O)nn(CC(=O)N3C[C@@](F)(CNC(=O)CCC)C[C@H]3C(=O)Nc3nc(C(F)(F)F)ccc3C)c12. The van der Waals surface area contributed by atoms with Gasteiger partial charge in [-0.15, -0.1) is 6.58 Å². The number of anilines is 1. The number of likely N-dealkylation sites (tertiary alicyclic amines) is 1. The Bertz CT molecular complexity index is 2050. The van der Waals surface area contributed by atoms with Gasteiger partial charge in [0, 0.05) is 43.1 Å². The number of fused-ring (bicyclic) bond motifs is 1. The van der Waals surface area contributed by atoms with Crippen LogP contribution in [0.25, 0.3) is 22.0 Å². The quantitative estimate of drug-likeness (QED) is 0.113. The molecule has 0 radical (unpaired) electrons. The van der Waals surface area contributed by atoms with Crippen LogP contribution in [0.4, 0.5) is 23.4 Å². The summed E-state index contributed by atoms with van der Waals surface area (Å²) in [7, 11) is 0. The molecule has 1 aliphatic rings. The van der Waals surface area contributed by atoms with E-state index in [-0.39, 0.29) is 23.5 Å². The summed E-state index contributed by atoms with van der Waals surface area (Å²) in [6.07, 6.45) is 0.549. The molecule has 12 nitrogen and oxygen atoms in total. The molecule has 0 spiro atoms. The van der Waals surface area contributed by atoms with E-state index >= 15 is 4.39 Å². The van der Waals surface area contributed by atoms with Crippen molar-refractivity contribution in [1.29, 1.82) is 0 Å². The fourth-order valence-corrected chi connectivity index (χ4v) is 6.16. The lowest BCUT2D eigenvalue weighted by Crippen LogP contribution is -2.45. The summed E-state index contributed by atoms with van der Waals surface area (Å²) in [6.45, 7) is 8.50. The minimum Gasteiger partial charge on any atom is -0.353 e. The normalized spacial score (nSPS) is 17.3. The van der Waals surface area contributed by atoms with E-state index in [0.717, 1.165) is 17.0 Å². The van der Waals surface area contributed by atoms with E-state index in [1.54, 1.807) is 38.4 Å². The van der Waals surface area contributed by atoms with Gasteiger partial charge in [0.15, 0.2) is 5.78 Å². The largest absolute Gasteiger partial charge is 0.433 e. The van der Waals surface area contributed by atoms with Crippen molar-refractivity contribution in [3.8, 4) is 11.1 Å². The lowest BCUT2D eigenvalue weighted by atomic mass is 9.98. The Morgan fingerprint density at radius 2 is 1.81 bits per heavy atom. The molecule has 0 aliphatic carbocycles. The number of nitrogens with zero attached hydrogens (tertiary/aromatic N) is 6. The highest BCUT2D eigenvalue weighted by molar-refractivity contribution is 6.07. The van der Waals surface area contributed by atoms with E-state index in [1.807, 2.05) is 6.07 Å². The predicted molar refractivity (Wildman–Crippen MR) is 184 cm³/mol. The zero-order valence-corrected chi connectivity index (χ0v) is 29.1. The second-order valence-electron chi connectivity index (χ2n) is 12.9. The van der Waals surface area contributed by atoms with Crippen molar-refractivity contribution in [3.63, 3.8) is 0 Å². The van der Waals surface area contributed by atoms with Crippen molar-refractivity contribution in [2.45, 2.75) is 77.8 Å². The Balaban J connectivity index is 1.52.